The standard InChI is InChI=1S/C19H20Cl2N4OS/c1-11-16(9-19(26)22-7-6-15-10-27-13(3)23-15)12(2)25(24-11)18-5-4-14(20)8-17(18)21/h4-5,8,10H,6-7,9H2,1-3H3,(H,22,26). The average molecular weight is 423 g/mol. The number of hydrogen-bond acceptors (Lipinski definition) is 4. The number of aryl methyl sites for hydroxylation is 2. The van der Waals surface area contributed by atoms with Gasteiger partial charge in [-0.15, -0.1) is 11.3 Å². The number of nitrogens with zero attached hydrogens (tertiary/aromatic N) is 3. The van der Waals surface area contributed by atoms with Crippen LogP contribution in [0.5, 0.6) is 0 Å². The van der Waals surface area contributed by atoms with Gasteiger partial charge in [-0.1, -0.05) is 23.2 Å². The molecule has 0 aliphatic carbocycles. The molecular weight excluding hydrogens is 403 g/mol. The van der Waals surface area contributed by atoms with Crippen molar-refractivity contribution in [3.05, 3.63) is 61.3 Å². The number of rotatable bonds is 6. The molecule has 0 radical (unpaired) electrons. The van der Waals surface area contributed by atoms with E-state index in [9.17, 15) is 4.79 Å². The molecule has 3 rings (SSSR count). The van der Waals surface area contributed by atoms with Crippen molar-refractivity contribution < 1.29 is 4.79 Å². The molecule has 0 saturated carbocycles. The Kier molecular flexibility index (Phi) is 6.19. The molecule has 0 spiro atoms. The number of nitrogens with one attached hydrogen (secondary N) is 1. The number of benzene rings is 1. The predicted molar refractivity (Wildman–Crippen MR) is 110 cm³/mol. The van der Waals surface area contributed by atoms with E-state index in [1.54, 1.807) is 28.2 Å². The summed E-state index contributed by atoms with van der Waals surface area (Å²) in [6.45, 7) is 6.37. The number of amides is 1. The maximum atomic E-state index is 12.4. The molecule has 5 nitrogen and oxygen atoms in total. The zero-order chi connectivity index (χ0) is 19.6. The van der Waals surface area contributed by atoms with Crippen molar-refractivity contribution in [1.29, 1.82) is 0 Å². The summed E-state index contributed by atoms with van der Waals surface area (Å²) >= 11 is 13.9. The number of hydrogen-bond donors (Lipinski definition) is 1. The highest BCUT2D eigenvalue weighted by Crippen LogP contribution is 2.27. The van der Waals surface area contributed by atoms with Crippen LogP contribution in [0.4, 0.5) is 0 Å². The highest BCUT2D eigenvalue weighted by atomic mass is 35.5. The maximum absolute atomic E-state index is 12.4. The first-order valence-corrected chi connectivity index (χ1v) is 10.2. The van der Waals surface area contributed by atoms with Crippen LogP contribution in [0, 0.1) is 20.8 Å². The lowest BCUT2D eigenvalue weighted by molar-refractivity contribution is -0.120. The zero-order valence-corrected chi connectivity index (χ0v) is 17.7. The van der Waals surface area contributed by atoms with Crippen LogP contribution >= 0.6 is 34.5 Å². The van der Waals surface area contributed by atoms with E-state index < -0.39 is 0 Å². The monoisotopic (exact) mass is 422 g/mol. The summed E-state index contributed by atoms with van der Waals surface area (Å²) in [4.78, 5) is 16.8. The molecule has 3 aromatic rings. The SMILES string of the molecule is Cc1nc(CCNC(=O)Cc2c(C)nn(-c3ccc(Cl)cc3Cl)c2C)cs1. The summed E-state index contributed by atoms with van der Waals surface area (Å²) in [5, 5.41) is 11.7. The Bertz CT molecular complexity index is 980. The Labute approximate surface area is 172 Å². The second-order valence-corrected chi connectivity index (χ2v) is 8.20. The molecule has 0 aliphatic rings. The molecule has 8 heteroatoms. The van der Waals surface area contributed by atoms with E-state index in [4.69, 9.17) is 23.2 Å². The summed E-state index contributed by atoms with van der Waals surface area (Å²) in [7, 11) is 0. The van der Waals surface area contributed by atoms with Crippen molar-refractivity contribution >= 4 is 40.4 Å². The minimum absolute atomic E-state index is 0.0325. The fourth-order valence-corrected chi connectivity index (χ4v) is 4.03. The number of carbonyl (C=O) groups is 1. The molecule has 0 saturated heterocycles. The van der Waals surface area contributed by atoms with Gasteiger partial charge in [0.15, 0.2) is 0 Å². The van der Waals surface area contributed by atoms with E-state index >= 15 is 0 Å². The molecule has 1 aromatic carbocycles. The molecular formula is C19H20Cl2N4OS. The van der Waals surface area contributed by atoms with E-state index in [2.05, 4.69) is 15.4 Å². The lowest BCUT2D eigenvalue weighted by Crippen LogP contribution is -2.27. The van der Waals surface area contributed by atoms with Gasteiger partial charge in [0.1, 0.15) is 0 Å². The first kappa shape index (κ1) is 19.9. The average Bonchev–Trinajstić information content (AvgIpc) is 3.13. The van der Waals surface area contributed by atoms with Crippen LogP contribution in [0.1, 0.15) is 27.7 Å². The number of thiazole rings is 1. The fourth-order valence-electron chi connectivity index (χ4n) is 2.89. The summed E-state index contributed by atoms with van der Waals surface area (Å²) in [6.07, 6.45) is 1.01. The van der Waals surface area contributed by atoms with Crippen LogP contribution < -0.4 is 5.32 Å². The Balaban J connectivity index is 1.68. The molecule has 0 atom stereocenters. The molecule has 0 fully saturated rings. The van der Waals surface area contributed by atoms with Gasteiger partial charge in [0, 0.05) is 34.6 Å². The minimum Gasteiger partial charge on any atom is -0.355 e. The minimum atomic E-state index is -0.0325. The highest BCUT2D eigenvalue weighted by Gasteiger charge is 2.17. The van der Waals surface area contributed by atoms with Crippen molar-refractivity contribution in [2.45, 2.75) is 33.6 Å². The lowest BCUT2D eigenvalue weighted by atomic mass is 10.1. The van der Waals surface area contributed by atoms with Crippen LogP contribution in [-0.4, -0.2) is 27.2 Å². The topological polar surface area (TPSA) is 59.8 Å². The van der Waals surface area contributed by atoms with Gasteiger partial charge in [0.2, 0.25) is 5.91 Å². The second kappa shape index (κ2) is 8.42. The van der Waals surface area contributed by atoms with Gasteiger partial charge in [-0.25, -0.2) is 9.67 Å². The molecule has 2 aromatic heterocycles. The van der Waals surface area contributed by atoms with Gasteiger partial charge in [-0.3, -0.25) is 4.79 Å². The first-order chi connectivity index (χ1) is 12.8. The Morgan fingerprint density at radius 3 is 2.70 bits per heavy atom. The van der Waals surface area contributed by atoms with E-state index in [1.165, 1.54) is 0 Å². The van der Waals surface area contributed by atoms with E-state index in [1.807, 2.05) is 32.2 Å². The number of halogens is 2. The highest BCUT2D eigenvalue weighted by molar-refractivity contribution is 7.09. The molecule has 142 valence electrons. The third-order valence-corrected chi connectivity index (χ3v) is 5.65. The van der Waals surface area contributed by atoms with E-state index in [0.717, 1.165) is 39.8 Å². The quantitative estimate of drug-likeness (QED) is 0.637. The Morgan fingerprint density at radius 1 is 1.26 bits per heavy atom. The van der Waals surface area contributed by atoms with E-state index in [0.29, 0.717) is 16.6 Å². The summed E-state index contributed by atoms with van der Waals surface area (Å²) in [5.74, 6) is -0.0325. The second-order valence-electron chi connectivity index (χ2n) is 6.29. The van der Waals surface area contributed by atoms with Crippen LogP contribution in [0.2, 0.25) is 10.0 Å². The molecule has 2 heterocycles. The summed E-state index contributed by atoms with van der Waals surface area (Å²) in [5.41, 5.74) is 4.36. The van der Waals surface area contributed by atoms with Crippen LogP contribution in [0.15, 0.2) is 23.6 Å². The zero-order valence-electron chi connectivity index (χ0n) is 15.3. The van der Waals surface area contributed by atoms with Gasteiger partial charge in [0.25, 0.3) is 0 Å². The smallest absolute Gasteiger partial charge is 0.224 e. The molecule has 27 heavy (non-hydrogen) atoms. The van der Waals surface area contributed by atoms with Crippen molar-refractivity contribution in [1.82, 2.24) is 20.1 Å². The van der Waals surface area contributed by atoms with Gasteiger partial charge in [0.05, 0.1) is 33.5 Å². The molecule has 0 bridgehead atoms. The number of carbonyl (C=O) groups excluding carboxylic acids is 1. The van der Waals surface area contributed by atoms with Crippen molar-refractivity contribution in [3.8, 4) is 5.69 Å². The first-order valence-electron chi connectivity index (χ1n) is 8.53. The van der Waals surface area contributed by atoms with Crippen LogP contribution in [0.3, 0.4) is 0 Å². The van der Waals surface area contributed by atoms with Crippen molar-refractivity contribution in [2.75, 3.05) is 6.54 Å². The van der Waals surface area contributed by atoms with Crippen molar-refractivity contribution in [3.63, 3.8) is 0 Å². The molecule has 0 aliphatic heterocycles. The number of aromatic nitrogens is 3. The normalized spacial score (nSPS) is 11.0. The predicted octanol–water partition coefficient (Wildman–Crippen LogP) is 4.46. The van der Waals surface area contributed by atoms with Crippen LogP contribution in [-0.2, 0) is 17.6 Å². The third-order valence-electron chi connectivity index (χ3n) is 4.29. The van der Waals surface area contributed by atoms with Gasteiger partial charge in [-0.2, -0.15) is 5.10 Å². The van der Waals surface area contributed by atoms with Gasteiger partial charge < -0.3 is 5.32 Å². The van der Waals surface area contributed by atoms with Crippen molar-refractivity contribution in [2.24, 2.45) is 0 Å². The lowest BCUT2D eigenvalue weighted by Gasteiger charge is -2.08. The molecule has 1 amide bonds. The summed E-state index contributed by atoms with van der Waals surface area (Å²) < 4.78 is 1.76. The van der Waals surface area contributed by atoms with Crippen LogP contribution in [0.25, 0.3) is 5.69 Å². The maximum Gasteiger partial charge on any atom is 0.224 e. The van der Waals surface area contributed by atoms with E-state index in [-0.39, 0.29) is 12.3 Å². The summed E-state index contributed by atoms with van der Waals surface area (Å²) in [6, 6.07) is 5.27. The largest absolute Gasteiger partial charge is 0.355 e. The molecule has 0 unspecified atom stereocenters. The molecule has 1 N–H and O–H groups in total. The third kappa shape index (κ3) is 4.69. The Morgan fingerprint density at radius 2 is 2.04 bits per heavy atom. The van der Waals surface area contributed by atoms with Gasteiger partial charge in [-0.05, 0) is 39.0 Å². The Hall–Kier alpha value is -1.89. The van der Waals surface area contributed by atoms with Gasteiger partial charge >= 0.3 is 0 Å². The fraction of sp³-hybridized carbons (Fsp3) is 0.316.